The molecule has 0 aliphatic carbocycles. The Kier molecular flexibility index (Phi) is 5.36. The molecule has 0 bridgehead atoms. The molecule has 2 aromatic carbocycles. The largest absolute Gasteiger partial charge is 0.325 e. The van der Waals surface area contributed by atoms with Gasteiger partial charge >= 0.3 is 0 Å². The standard InChI is InChI=1S/C19H23N3O2/c1-19(2,3)16(20)18(24)22-15-11-7-10-14(12-15)21-17(23)13-8-5-4-6-9-13/h4-12,16H,20H2,1-3H3,(H,21,23)(H,22,24)/t16-/m1/s1. The number of carbonyl (C=O) groups excluding carboxylic acids is 2. The lowest BCUT2D eigenvalue weighted by molar-refractivity contribution is -0.119. The van der Waals surface area contributed by atoms with Gasteiger partial charge in [0.25, 0.3) is 5.91 Å². The van der Waals surface area contributed by atoms with Crippen LogP contribution in [0.2, 0.25) is 0 Å². The van der Waals surface area contributed by atoms with Gasteiger partial charge in [0.05, 0.1) is 6.04 Å². The molecule has 2 rings (SSSR count). The molecule has 0 aliphatic heterocycles. The molecular formula is C19H23N3O2. The third-order valence-electron chi connectivity index (χ3n) is 3.64. The van der Waals surface area contributed by atoms with Crippen LogP contribution in [0.5, 0.6) is 0 Å². The van der Waals surface area contributed by atoms with Crippen molar-refractivity contribution in [3.05, 3.63) is 60.2 Å². The number of hydrogen-bond acceptors (Lipinski definition) is 3. The van der Waals surface area contributed by atoms with Gasteiger partial charge in [-0.1, -0.05) is 45.0 Å². The van der Waals surface area contributed by atoms with Crippen LogP contribution >= 0.6 is 0 Å². The Morgan fingerprint density at radius 3 is 2.08 bits per heavy atom. The van der Waals surface area contributed by atoms with Crippen molar-refractivity contribution in [3.63, 3.8) is 0 Å². The maximum atomic E-state index is 12.2. The molecule has 126 valence electrons. The van der Waals surface area contributed by atoms with Gasteiger partial charge in [0, 0.05) is 16.9 Å². The van der Waals surface area contributed by atoms with E-state index in [9.17, 15) is 9.59 Å². The monoisotopic (exact) mass is 325 g/mol. The Morgan fingerprint density at radius 1 is 0.917 bits per heavy atom. The van der Waals surface area contributed by atoms with E-state index in [2.05, 4.69) is 10.6 Å². The summed E-state index contributed by atoms with van der Waals surface area (Å²) < 4.78 is 0. The van der Waals surface area contributed by atoms with Crippen LogP contribution in [-0.2, 0) is 4.79 Å². The minimum absolute atomic E-state index is 0.203. The SMILES string of the molecule is CC(C)(C)[C@H](N)C(=O)Nc1cccc(NC(=O)c2ccccc2)c1. The molecule has 0 spiro atoms. The van der Waals surface area contributed by atoms with Crippen molar-refractivity contribution in [2.75, 3.05) is 10.6 Å². The third-order valence-corrected chi connectivity index (χ3v) is 3.64. The highest BCUT2D eigenvalue weighted by atomic mass is 16.2. The number of nitrogens with two attached hydrogens (primary N) is 1. The Morgan fingerprint density at radius 2 is 1.50 bits per heavy atom. The average molecular weight is 325 g/mol. The third kappa shape index (κ3) is 4.67. The first-order valence-corrected chi connectivity index (χ1v) is 7.80. The molecule has 2 aromatic rings. The van der Waals surface area contributed by atoms with E-state index in [1.165, 1.54) is 0 Å². The predicted octanol–water partition coefficient (Wildman–Crippen LogP) is 3.25. The summed E-state index contributed by atoms with van der Waals surface area (Å²) in [6.07, 6.45) is 0. The second-order valence-electron chi connectivity index (χ2n) is 6.73. The Hall–Kier alpha value is -2.66. The highest BCUT2D eigenvalue weighted by Gasteiger charge is 2.27. The van der Waals surface area contributed by atoms with Gasteiger partial charge in [-0.3, -0.25) is 9.59 Å². The Bertz CT molecular complexity index is 721. The van der Waals surface area contributed by atoms with Gasteiger partial charge in [-0.15, -0.1) is 0 Å². The number of benzene rings is 2. The molecule has 0 aromatic heterocycles. The van der Waals surface area contributed by atoms with Gasteiger partial charge in [0.15, 0.2) is 0 Å². The van der Waals surface area contributed by atoms with Gasteiger partial charge in [-0.25, -0.2) is 0 Å². The van der Waals surface area contributed by atoms with Crippen LogP contribution in [0, 0.1) is 5.41 Å². The molecular weight excluding hydrogens is 302 g/mol. The highest BCUT2D eigenvalue weighted by molar-refractivity contribution is 6.04. The summed E-state index contributed by atoms with van der Waals surface area (Å²) in [5, 5.41) is 5.60. The molecule has 0 saturated heterocycles. The maximum absolute atomic E-state index is 12.2. The van der Waals surface area contributed by atoms with Gasteiger partial charge in [-0.05, 0) is 35.7 Å². The highest BCUT2D eigenvalue weighted by Crippen LogP contribution is 2.20. The number of nitrogens with one attached hydrogen (secondary N) is 2. The van der Waals surface area contributed by atoms with Crippen molar-refractivity contribution >= 4 is 23.2 Å². The second kappa shape index (κ2) is 7.27. The molecule has 24 heavy (non-hydrogen) atoms. The summed E-state index contributed by atoms with van der Waals surface area (Å²) in [4.78, 5) is 24.4. The normalized spacial score (nSPS) is 12.3. The van der Waals surface area contributed by atoms with Gasteiger partial charge in [0.1, 0.15) is 0 Å². The minimum atomic E-state index is -0.625. The number of hydrogen-bond donors (Lipinski definition) is 3. The van der Waals surface area contributed by atoms with Gasteiger partial charge in [-0.2, -0.15) is 0 Å². The summed E-state index contributed by atoms with van der Waals surface area (Å²) in [5.74, 6) is -0.459. The van der Waals surface area contributed by atoms with Crippen molar-refractivity contribution in [2.45, 2.75) is 26.8 Å². The molecule has 2 amide bonds. The molecule has 0 saturated carbocycles. The van der Waals surface area contributed by atoms with E-state index >= 15 is 0 Å². The molecule has 5 heteroatoms. The topological polar surface area (TPSA) is 84.2 Å². The van der Waals surface area contributed by atoms with Crippen LogP contribution in [0.15, 0.2) is 54.6 Å². The summed E-state index contributed by atoms with van der Waals surface area (Å²) in [5.41, 5.74) is 7.39. The average Bonchev–Trinajstić information content (AvgIpc) is 2.54. The molecule has 4 N–H and O–H groups in total. The zero-order valence-corrected chi connectivity index (χ0v) is 14.2. The Labute approximate surface area is 142 Å². The maximum Gasteiger partial charge on any atom is 0.255 e. The zero-order chi connectivity index (χ0) is 17.7. The lowest BCUT2D eigenvalue weighted by Crippen LogP contribution is -2.45. The summed E-state index contributed by atoms with van der Waals surface area (Å²) >= 11 is 0. The van der Waals surface area contributed by atoms with Crippen LogP contribution in [0.4, 0.5) is 11.4 Å². The van der Waals surface area contributed by atoms with E-state index in [0.29, 0.717) is 16.9 Å². The van der Waals surface area contributed by atoms with E-state index in [0.717, 1.165) is 0 Å². The van der Waals surface area contributed by atoms with Crippen molar-refractivity contribution in [1.82, 2.24) is 0 Å². The van der Waals surface area contributed by atoms with Gasteiger partial charge in [0.2, 0.25) is 5.91 Å². The molecule has 0 radical (unpaired) electrons. The fraction of sp³-hybridized carbons (Fsp3) is 0.263. The van der Waals surface area contributed by atoms with Crippen molar-refractivity contribution in [2.24, 2.45) is 11.1 Å². The van der Waals surface area contributed by atoms with E-state index in [1.54, 1.807) is 48.5 Å². The first-order chi connectivity index (χ1) is 11.3. The fourth-order valence-electron chi connectivity index (χ4n) is 2.08. The molecule has 1 atom stereocenters. The number of carbonyl (C=O) groups is 2. The van der Waals surface area contributed by atoms with Crippen LogP contribution in [0.3, 0.4) is 0 Å². The fourth-order valence-corrected chi connectivity index (χ4v) is 2.08. The van der Waals surface area contributed by atoms with Crippen LogP contribution in [-0.4, -0.2) is 17.9 Å². The number of amides is 2. The zero-order valence-electron chi connectivity index (χ0n) is 14.2. The number of anilines is 2. The second-order valence-corrected chi connectivity index (χ2v) is 6.73. The molecule has 0 heterocycles. The van der Waals surface area contributed by atoms with E-state index < -0.39 is 6.04 Å². The van der Waals surface area contributed by atoms with E-state index in [-0.39, 0.29) is 17.2 Å². The van der Waals surface area contributed by atoms with Crippen molar-refractivity contribution in [1.29, 1.82) is 0 Å². The smallest absolute Gasteiger partial charge is 0.255 e. The van der Waals surface area contributed by atoms with E-state index in [4.69, 9.17) is 5.73 Å². The first kappa shape index (κ1) is 17.7. The lowest BCUT2D eigenvalue weighted by atomic mass is 9.87. The molecule has 5 nitrogen and oxygen atoms in total. The van der Waals surface area contributed by atoms with Crippen LogP contribution in [0.25, 0.3) is 0 Å². The first-order valence-electron chi connectivity index (χ1n) is 7.80. The Balaban J connectivity index is 2.07. The predicted molar refractivity (Wildman–Crippen MR) is 96.9 cm³/mol. The van der Waals surface area contributed by atoms with E-state index in [1.807, 2.05) is 26.8 Å². The van der Waals surface area contributed by atoms with Gasteiger partial charge < -0.3 is 16.4 Å². The summed E-state index contributed by atoms with van der Waals surface area (Å²) in [6, 6.07) is 15.3. The van der Waals surface area contributed by atoms with Crippen molar-refractivity contribution in [3.8, 4) is 0 Å². The van der Waals surface area contributed by atoms with Crippen LogP contribution in [0.1, 0.15) is 31.1 Å². The summed E-state index contributed by atoms with van der Waals surface area (Å²) in [6.45, 7) is 5.73. The molecule has 0 unspecified atom stereocenters. The molecule has 0 fully saturated rings. The number of rotatable bonds is 4. The van der Waals surface area contributed by atoms with Crippen molar-refractivity contribution < 1.29 is 9.59 Å². The minimum Gasteiger partial charge on any atom is -0.325 e. The lowest BCUT2D eigenvalue weighted by Gasteiger charge is -2.25. The molecule has 0 aliphatic rings. The van der Waals surface area contributed by atoms with Crippen LogP contribution < -0.4 is 16.4 Å². The summed E-state index contributed by atoms with van der Waals surface area (Å²) in [7, 11) is 0. The quantitative estimate of drug-likeness (QED) is 0.807.